The lowest BCUT2D eigenvalue weighted by molar-refractivity contribution is -0.155. The molecule has 4 aromatic rings. The van der Waals surface area contributed by atoms with Crippen LogP contribution in [-0.2, 0) is 9.47 Å². The van der Waals surface area contributed by atoms with Crippen LogP contribution in [0.15, 0.2) is 48.8 Å². The van der Waals surface area contributed by atoms with Gasteiger partial charge in [-0.1, -0.05) is 6.07 Å². The molecule has 1 aliphatic rings. The summed E-state index contributed by atoms with van der Waals surface area (Å²) >= 11 is 1.35. The number of aromatic nitrogens is 4. The van der Waals surface area contributed by atoms with Gasteiger partial charge < -0.3 is 14.8 Å². The third-order valence-corrected chi connectivity index (χ3v) is 6.30. The van der Waals surface area contributed by atoms with Gasteiger partial charge in [-0.15, -0.1) is 11.3 Å². The third kappa shape index (κ3) is 4.40. The van der Waals surface area contributed by atoms with Crippen molar-refractivity contribution >= 4 is 33.7 Å². The van der Waals surface area contributed by atoms with E-state index >= 15 is 0 Å². The Morgan fingerprint density at radius 2 is 2.19 bits per heavy atom. The number of fused-ring (bicyclic) bond motifs is 1. The first-order valence-corrected chi connectivity index (χ1v) is 11.4. The summed E-state index contributed by atoms with van der Waals surface area (Å²) in [5.41, 5.74) is 3.46. The Bertz CT molecular complexity index is 1250. The van der Waals surface area contributed by atoms with Gasteiger partial charge in [0, 0.05) is 19.0 Å². The predicted octanol–water partition coefficient (Wildman–Crippen LogP) is 4.63. The maximum Gasteiger partial charge on any atom is 0.228 e. The fourth-order valence-electron chi connectivity index (χ4n) is 3.72. The van der Waals surface area contributed by atoms with Crippen molar-refractivity contribution in [3.8, 4) is 11.4 Å². The SMILES string of the molecule is Cc1nc2ccccn2c1-c1ccnc(Nc2ccc(C(=O)COC3CCCCO3)s2)n1. The van der Waals surface area contributed by atoms with Gasteiger partial charge in [0.15, 0.2) is 12.1 Å². The first-order chi connectivity index (χ1) is 15.7. The number of carbonyl (C=O) groups is 1. The van der Waals surface area contributed by atoms with Crippen LogP contribution in [0.5, 0.6) is 0 Å². The van der Waals surface area contributed by atoms with Crippen molar-refractivity contribution in [2.24, 2.45) is 0 Å². The largest absolute Gasteiger partial charge is 0.353 e. The van der Waals surface area contributed by atoms with E-state index in [-0.39, 0.29) is 18.7 Å². The van der Waals surface area contributed by atoms with Crippen LogP contribution < -0.4 is 5.32 Å². The minimum absolute atomic E-state index is 0.0180. The fourth-order valence-corrected chi connectivity index (χ4v) is 4.54. The molecule has 1 aliphatic heterocycles. The molecule has 1 fully saturated rings. The topological polar surface area (TPSA) is 90.6 Å². The van der Waals surface area contributed by atoms with Gasteiger partial charge in [0.1, 0.15) is 12.3 Å². The molecule has 0 amide bonds. The lowest BCUT2D eigenvalue weighted by atomic mass is 10.2. The van der Waals surface area contributed by atoms with Crippen LogP contribution in [0.25, 0.3) is 17.0 Å². The fraction of sp³-hybridized carbons (Fsp3) is 0.304. The van der Waals surface area contributed by atoms with Crippen LogP contribution in [0.2, 0.25) is 0 Å². The van der Waals surface area contributed by atoms with E-state index in [9.17, 15) is 4.79 Å². The van der Waals surface area contributed by atoms with Crippen molar-refractivity contribution in [3.05, 3.63) is 59.4 Å². The molecular formula is C23H23N5O3S. The van der Waals surface area contributed by atoms with Crippen LogP contribution in [-0.4, -0.2) is 44.6 Å². The van der Waals surface area contributed by atoms with Crippen molar-refractivity contribution in [2.45, 2.75) is 32.5 Å². The number of imidazole rings is 1. The van der Waals surface area contributed by atoms with E-state index in [0.29, 0.717) is 17.4 Å². The summed E-state index contributed by atoms with van der Waals surface area (Å²) in [5.74, 6) is 0.397. The Hall–Kier alpha value is -3.14. The Morgan fingerprint density at radius 1 is 1.25 bits per heavy atom. The van der Waals surface area contributed by atoms with Gasteiger partial charge >= 0.3 is 0 Å². The minimum Gasteiger partial charge on any atom is -0.353 e. The average Bonchev–Trinajstić information content (AvgIpc) is 3.42. The number of rotatable bonds is 7. The molecule has 1 saturated heterocycles. The van der Waals surface area contributed by atoms with Gasteiger partial charge in [-0.05, 0) is 56.5 Å². The molecule has 4 aromatic heterocycles. The summed E-state index contributed by atoms with van der Waals surface area (Å²) < 4.78 is 13.1. The zero-order valence-electron chi connectivity index (χ0n) is 17.7. The van der Waals surface area contributed by atoms with Crippen molar-refractivity contribution in [2.75, 3.05) is 18.5 Å². The molecular weight excluding hydrogens is 426 g/mol. The van der Waals surface area contributed by atoms with E-state index < -0.39 is 0 Å². The van der Waals surface area contributed by atoms with Crippen LogP contribution in [0.4, 0.5) is 10.9 Å². The highest BCUT2D eigenvalue weighted by molar-refractivity contribution is 7.18. The second-order valence-electron chi connectivity index (χ2n) is 7.56. The highest BCUT2D eigenvalue weighted by Crippen LogP contribution is 2.27. The number of anilines is 2. The van der Waals surface area contributed by atoms with Crippen LogP contribution in [0.1, 0.15) is 34.6 Å². The van der Waals surface area contributed by atoms with Gasteiger partial charge in [0.25, 0.3) is 0 Å². The Kier molecular flexibility index (Phi) is 5.93. The standard InChI is InChI=1S/C23H23N5O3S/c1-15-22(28-12-4-2-6-19(28)25-15)16-10-11-24-23(26-16)27-20-9-8-18(32-20)17(29)14-31-21-7-3-5-13-30-21/h2,4,6,8-12,21H,3,5,7,13-14H2,1H3,(H,24,26,27). The van der Waals surface area contributed by atoms with Crippen molar-refractivity contribution < 1.29 is 14.3 Å². The molecule has 0 radical (unpaired) electrons. The van der Waals surface area contributed by atoms with E-state index in [0.717, 1.165) is 47.0 Å². The van der Waals surface area contributed by atoms with Gasteiger partial charge in [-0.2, -0.15) is 0 Å². The van der Waals surface area contributed by atoms with E-state index in [1.165, 1.54) is 11.3 Å². The normalized spacial score (nSPS) is 16.3. The maximum atomic E-state index is 12.5. The molecule has 0 bridgehead atoms. The molecule has 9 heteroatoms. The number of thiophene rings is 1. The summed E-state index contributed by atoms with van der Waals surface area (Å²) in [7, 11) is 0. The molecule has 5 heterocycles. The van der Waals surface area contributed by atoms with Gasteiger partial charge in [0.05, 0.1) is 27.0 Å². The summed E-state index contributed by atoms with van der Waals surface area (Å²) in [6, 6.07) is 11.4. The predicted molar refractivity (Wildman–Crippen MR) is 122 cm³/mol. The molecule has 164 valence electrons. The summed E-state index contributed by atoms with van der Waals surface area (Å²) in [4.78, 5) is 26.7. The number of ketones is 1. The number of hydrogen-bond donors (Lipinski definition) is 1. The first-order valence-electron chi connectivity index (χ1n) is 10.6. The monoisotopic (exact) mass is 449 g/mol. The Labute approximate surface area is 189 Å². The molecule has 1 atom stereocenters. The Balaban J connectivity index is 1.29. The van der Waals surface area contributed by atoms with Crippen LogP contribution >= 0.6 is 11.3 Å². The highest BCUT2D eigenvalue weighted by atomic mass is 32.1. The third-order valence-electron chi connectivity index (χ3n) is 5.26. The second-order valence-corrected chi connectivity index (χ2v) is 8.64. The number of nitrogens with one attached hydrogen (secondary N) is 1. The maximum absolute atomic E-state index is 12.5. The molecule has 8 nitrogen and oxygen atoms in total. The molecule has 0 spiro atoms. The summed E-state index contributed by atoms with van der Waals surface area (Å²) in [6.45, 7) is 2.68. The van der Waals surface area contributed by atoms with E-state index in [1.807, 2.05) is 47.9 Å². The number of carbonyl (C=O) groups excluding carboxylic acids is 1. The first kappa shape index (κ1) is 20.7. The number of hydrogen-bond acceptors (Lipinski definition) is 8. The summed E-state index contributed by atoms with van der Waals surface area (Å²) in [5, 5.41) is 3.99. The number of nitrogens with zero attached hydrogens (tertiary/aromatic N) is 4. The van der Waals surface area contributed by atoms with Gasteiger partial charge in [0.2, 0.25) is 5.95 Å². The second kappa shape index (κ2) is 9.15. The molecule has 5 rings (SSSR count). The van der Waals surface area contributed by atoms with Gasteiger partial charge in [-0.25, -0.2) is 15.0 Å². The molecule has 0 saturated carbocycles. The van der Waals surface area contributed by atoms with E-state index in [4.69, 9.17) is 9.47 Å². The number of Topliss-reactive ketones (excluding diaryl/α,β-unsaturated/α-hetero) is 1. The van der Waals surface area contributed by atoms with Crippen molar-refractivity contribution in [1.82, 2.24) is 19.4 Å². The number of pyridine rings is 1. The van der Waals surface area contributed by atoms with E-state index in [1.54, 1.807) is 12.3 Å². The summed E-state index contributed by atoms with van der Waals surface area (Å²) in [6.07, 6.45) is 6.36. The van der Waals surface area contributed by atoms with Gasteiger partial charge in [-0.3, -0.25) is 9.20 Å². The smallest absolute Gasteiger partial charge is 0.228 e. The highest BCUT2D eigenvalue weighted by Gasteiger charge is 2.18. The zero-order chi connectivity index (χ0) is 21.9. The lowest BCUT2D eigenvalue weighted by Crippen LogP contribution is -2.24. The minimum atomic E-state index is -0.274. The molecule has 1 N–H and O–H groups in total. The Morgan fingerprint density at radius 3 is 3.06 bits per heavy atom. The van der Waals surface area contributed by atoms with Crippen LogP contribution in [0.3, 0.4) is 0 Å². The zero-order valence-corrected chi connectivity index (χ0v) is 18.5. The molecule has 0 aliphatic carbocycles. The molecule has 32 heavy (non-hydrogen) atoms. The average molecular weight is 450 g/mol. The van der Waals surface area contributed by atoms with Crippen molar-refractivity contribution in [3.63, 3.8) is 0 Å². The molecule has 0 aromatic carbocycles. The van der Waals surface area contributed by atoms with Crippen molar-refractivity contribution in [1.29, 1.82) is 0 Å². The van der Waals surface area contributed by atoms with E-state index in [2.05, 4.69) is 20.3 Å². The number of ether oxygens (including phenoxy) is 2. The lowest BCUT2D eigenvalue weighted by Gasteiger charge is -2.22. The number of aryl methyl sites for hydroxylation is 1. The molecule has 1 unspecified atom stereocenters. The van der Waals surface area contributed by atoms with Crippen LogP contribution in [0, 0.1) is 6.92 Å². The quantitative estimate of drug-likeness (QED) is 0.411.